The molecule has 3 aromatic carbocycles. The average Bonchev–Trinajstić information content (AvgIpc) is 2.79. The molecule has 0 radical (unpaired) electrons. The second kappa shape index (κ2) is 9.92. The van der Waals surface area contributed by atoms with Crippen LogP contribution in [0.2, 0.25) is 0 Å². The van der Waals surface area contributed by atoms with Crippen molar-refractivity contribution in [1.29, 1.82) is 0 Å². The van der Waals surface area contributed by atoms with Gasteiger partial charge in [0.25, 0.3) is 15.9 Å². The van der Waals surface area contributed by atoms with Crippen LogP contribution in [0.25, 0.3) is 0 Å². The van der Waals surface area contributed by atoms with Crippen molar-refractivity contribution in [2.45, 2.75) is 4.90 Å². The van der Waals surface area contributed by atoms with Gasteiger partial charge in [-0.1, -0.05) is 12.1 Å². The van der Waals surface area contributed by atoms with Crippen LogP contribution in [-0.4, -0.2) is 34.0 Å². The SMILES string of the molecule is COC(=O)c1ccccc1NC(=O)COc1ccc(S(=O)(=O)Nc2ccc(F)cc2)cc1. The summed E-state index contributed by atoms with van der Waals surface area (Å²) < 4.78 is 50.2. The number of carbonyl (C=O) groups is 2. The van der Waals surface area contributed by atoms with E-state index >= 15 is 0 Å². The van der Waals surface area contributed by atoms with Gasteiger partial charge in [-0.15, -0.1) is 0 Å². The molecule has 0 aliphatic heterocycles. The summed E-state index contributed by atoms with van der Waals surface area (Å²) in [5, 5.41) is 2.57. The Morgan fingerprint density at radius 3 is 2.25 bits per heavy atom. The van der Waals surface area contributed by atoms with Gasteiger partial charge in [0.1, 0.15) is 11.6 Å². The van der Waals surface area contributed by atoms with Gasteiger partial charge in [-0.05, 0) is 60.7 Å². The molecular formula is C22H19FN2O6S. The molecule has 0 fully saturated rings. The number of esters is 1. The van der Waals surface area contributed by atoms with Gasteiger partial charge in [0.2, 0.25) is 0 Å². The van der Waals surface area contributed by atoms with E-state index in [1.807, 2.05) is 0 Å². The number of anilines is 2. The molecular weight excluding hydrogens is 439 g/mol. The van der Waals surface area contributed by atoms with Gasteiger partial charge in [0.15, 0.2) is 6.61 Å². The Balaban J connectivity index is 1.60. The van der Waals surface area contributed by atoms with Crippen LogP contribution in [-0.2, 0) is 19.6 Å². The number of amides is 1. The van der Waals surface area contributed by atoms with Crippen LogP contribution in [0.15, 0.2) is 77.7 Å². The Hall–Kier alpha value is -3.92. The van der Waals surface area contributed by atoms with Crippen LogP contribution in [0.3, 0.4) is 0 Å². The molecule has 10 heteroatoms. The zero-order valence-electron chi connectivity index (χ0n) is 16.9. The Bertz CT molecular complexity index is 1210. The van der Waals surface area contributed by atoms with Gasteiger partial charge in [-0.2, -0.15) is 0 Å². The number of halogens is 1. The Morgan fingerprint density at radius 2 is 1.59 bits per heavy atom. The molecule has 8 nitrogen and oxygen atoms in total. The van der Waals surface area contributed by atoms with E-state index in [0.29, 0.717) is 0 Å². The molecule has 0 atom stereocenters. The number of benzene rings is 3. The number of nitrogens with one attached hydrogen (secondary N) is 2. The molecule has 3 rings (SSSR count). The number of ether oxygens (including phenoxy) is 2. The molecule has 1 amide bonds. The maximum atomic E-state index is 13.0. The van der Waals surface area contributed by atoms with Crippen molar-refractivity contribution in [3.05, 3.63) is 84.2 Å². The number of hydrogen-bond acceptors (Lipinski definition) is 6. The molecule has 2 N–H and O–H groups in total. The predicted molar refractivity (Wildman–Crippen MR) is 116 cm³/mol. The topological polar surface area (TPSA) is 111 Å². The molecule has 3 aromatic rings. The van der Waals surface area contributed by atoms with Gasteiger partial charge in [0.05, 0.1) is 23.3 Å². The standard InChI is InChI=1S/C22H19FN2O6S/c1-30-22(27)19-4-2-3-5-20(19)24-21(26)14-31-17-10-12-18(13-11-17)32(28,29)25-16-8-6-15(23)7-9-16/h2-13,25H,14H2,1H3,(H,24,26). The summed E-state index contributed by atoms with van der Waals surface area (Å²) in [6.45, 7) is -0.366. The minimum Gasteiger partial charge on any atom is -0.484 e. The van der Waals surface area contributed by atoms with Gasteiger partial charge in [-0.3, -0.25) is 9.52 Å². The van der Waals surface area contributed by atoms with E-state index in [9.17, 15) is 22.4 Å². The molecule has 0 aliphatic carbocycles. The fourth-order valence-electron chi connectivity index (χ4n) is 2.66. The minimum atomic E-state index is -3.88. The minimum absolute atomic E-state index is 0.0365. The zero-order chi connectivity index (χ0) is 23.1. The van der Waals surface area contributed by atoms with Gasteiger partial charge in [0, 0.05) is 5.69 Å². The monoisotopic (exact) mass is 458 g/mol. The lowest BCUT2D eigenvalue weighted by atomic mass is 10.2. The molecule has 0 bridgehead atoms. The number of carbonyl (C=O) groups excluding carboxylic acids is 2. The van der Waals surface area contributed by atoms with Gasteiger partial charge < -0.3 is 14.8 Å². The Labute approximate surface area is 184 Å². The lowest BCUT2D eigenvalue weighted by molar-refractivity contribution is -0.118. The first-order valence-electron chi connectivity index (χ1n) is 9.27. The maximum absolute atomic E-state index is 13.0. The van der Waals surface area contributed by atoms with Crippen LogP contribution in [0.1, 0.15) is 10.4 Å². The highest BCUT2D eigenvalue weighted by Crippen LogP contribution is 2.20. The van der Waals surface area contributed by atoms with Gasteiger partial charge >= 0.3 is 5.97 Å². The smallest absolute Gasteiger partial charge is 0.339 e. The molecule has 0 spiro atoms. The fraction of sp³-hybridized carbons (Fsp3) is 0.0909. The largest absolute Gasteiger partial charge is 0.484 e. The van der Waals surface area contributed by atoms with E-state index in [1.165, 1.54) is 49.6 Å². The van der Waals surface area contributed by atoms with Crippen LogP contribution in [0, 0.1) is 5.82 Å². The average molecular weight is 458 g/mol. The summed E-state index contributed by atoms with van der Waals surface area (Å²) in [5.41, 5.74) is 0.698. The number of methoxy groups -OCH3 is 1. The van der Waals surface area contributed by atoms with Crippen molar-refractivity contribution in [3.63, 3.8) is 0 Å². The van der Waals surface area contributed by atoms with Crippen molar-refractivity contribution in [2.75, 3.05) is 23.8 Å². The molecule has 0 unspecified atom stereocenters. The Morgan fingerprint density at radius 1 is 0.938 bits per heavy atom. The highest BCUT2D eigenvalue weighted by atomic mass is 32.2. The first kappa shape index (κ1) is 22.8. The summed E-state index contributed by atoms with van der Waals surface area (Å²) in [6, 6.07) is 16.7. The van der Waals surface area contributed by atoms with Crippen molar-refractivity contribution in [3.8, 4) is 5.75 Å². The fourth-order valence-corrected chi connectivity index (χ4v) is 3.72. The van der Waals surface area contributed by atoms with Crippen LogP contribution < -0.4 is 14.8 Å². The van der Waals surface area contributed by atoms with Crippen molar-refractivity contribution in [2.24, 2.45) is 0 Å². The van der Waals surface area contributed by atoms with E-state index in [4.69, 9.17) is 4.74 Å². The van der Waals surface area contributed by atoms with Gasteiger partial charge in [-0.25, -0.2) is 17.6 Å². The van der Waals surface area contributed by atoms with Crippen molar-refractivity contribution >= 4 is 33.3 Å². The van der Waals surface area contributed by atoms with Crippen LogP contribution in [0.4, 0.5) is 15.8 Å². The van der Waals surface area contributed by atoms with E-state index in [-0.39, 0.29) is 34.2 Å². The quantitative estimate of drug-likeness (QED) is 0.501. The molecule has 0 saturated heterocycles. The second-order valence-electron chi connectivity index (χ2n) is 6.46. The summed E-state index contributed by atoms with van der Waals surface area (Å²) >= 11 is 0. The molecule has 0 heterocycles. The van der Waals surface area contributed by atoms with Crippen molar-refractivity contribution in [1.82, 2.24) is 0 Å². The van der Waals surface area contributed by atoms with Crippen LogP contribution in [0.5, 0.6) is 5.75 Å². The first-order valence-corrected chi connectivity index (χ1v) is 10.8. The summed E-state index contributed by atoms with van der Waals surface area (Å²) in [4.78, 5) is 23.9. The highest BCUT2D eigenvalue weighted by molar-refractivity contribution is 7.92. The third kappa shape index (κ3) is 5.82. The summed E-state index contributed by atoms with van der Waals surface area (Å²) in [5.74, 6) is -1.32. The highest BCUT2D eigenvalue weighted by Gasteiger charge is 2.16. The maximum Gasteiger partial charge on any atom is 0.339 e. The van der Waals surface area contributed by atoms with E-state index < -0.39 is 27.7 Å². The lowest BCUT2D eigenvalue weighted by Crippen LogP contribution is -2.21. The predicted octanol–water partition coefficient (Wildman–Crippen LogP) is 3.43. The first-order chi connectivity index (χ1) is 15.3. The molecule has 0 aliphatic rings. The van der Waals surface area contributed by atoms with Crippen LogP contribution >= 0.6 is 0 Å². The Kier molecular flexibility index (Phi) is 7.06. The second-order valence-corrected chi connectivity index (χ2v) is 8.14. The van der Waals surface area contributed by atoms with E-state index in [1.54, 1.807) is 18.2 Å². The third-order valence-electron chi connectivity index (χ3n) is 4.21. The summed E-state index contributed by atoms with van der Waals surface area (Å²) in [6.07, 6.45) is 0. The van der Waals surface area contributed by atoms with E-state index in [0.717, 1.165) is 12.1 Å². The molecule has 166 valence electrons. The molecule has 32 heavy (non-hydrogen) atoms. The van der Waals surface area contributed by atoms with Crippen molar-refractivity contribution < 1.29 is 31.9 Å². The lowest BCUT2D eigenvalue weighted by Gasteiger charge is -2.11. The molecule has 0 aromatic heterocycles. The molecule has 0 saturated carbocycles. The zero-order valence-corrected chi connectivity index (χ0v) is 17.7. The number of hydrogen-bond donors (Lipinski definition) is 2. The number of sulfonamides is 1. The summed E-state index contributed by atoms with van der Waals surface area (Å²) in [7, 11) is -2.64. The van der Waals surface area contributed by atoms with E-state index in [2.05, 4.69) is 14.8 Å². The third-order valence-corrected chi connectivity index (χ3v) is 5.60. The number of para-hydroxylation sites is 1. The number of rotatable bonds is 8. The normalized spacial score (nSPS) is 10.8.